The first-order valence-corrected chi connectivity index (χ1v) is 7.95. The van der Waals surface area contributed by atoms with Gasteiger partial charge in [-0.3, -0.25) is 4.98 Å². The molecule has 0 bridgehead atoms. The van der Waals surface area contributed by atoms with Crippen molar-refractivity contribution in [2.45, 2.75) is 50.0 Å². The molecule has 1 N–H and O–H groups in total. The van der Waals surface area contributed by atoms with Crippen LogP contribution in [0.15, 0.2) is 54.7 Å². The third-order valence-corrected chi connectivity index (χ3v) is 4.86. The van der Waals surface area contributed by atoms with Crippen molar-refractivity contribution in [3.63, 3.8) is 0 Å². The smallest absolute Gasteiger partial charge is 0.0692 e. The molecule has 1 saturated carbocycles. The molecule has 0 radical (unpaired) electrons. The number of aromatic nitrogens is 1. The Morgan fingerprint density at radius 3 is 2.33 bits per heavy atom. The fourth-order valence-electron chi connectivity index (χ4n) is 3.68. The number of nitrogens with zero attached hydrogens (tertiary/aromatic N) is 1. The fraction of sp³-hybridized carbons (Fsp3) is 0.421. The van der Waals surface area contributed by atoms with Crippen molar-refractivity contribution in [2.24, 2.45) is 0 Å². The Kier molecular flexibility index (Phi) is 4.35. The van der Waals surface area contributed by atoms with Gasteiger partial charge in [0.1, 0.15) is 0 Å². The second-order valence-corrected chi connectivity index (χ2v) is 6.12. The van der Waals surface area contributed by atoms with Crippen LogP contribution in [0.4, 0.5) is 0 Å². The van der Waals surface area contributed by atoms with Gasteiger partial charge < -0.3 is 5.11 Å². The molecule has 2 heteroatoms. The minimum absolute atomic E-state index is 0.100. The van der Waals surface area contributed by atoms with E-state index in [9.17, 15) is 5.11 Å². The van der Waals surface area contributed by atoms with Crippen LogP contribution in [0.1, 0.15) is 43.4 Å². The second kappa shape index (κ2) is 6.40. The van der Waals surface area contributed by atoms with Crippen molar-refractivity contribution in [3.05, 3.63) is 66.0 Å². The molecule has 2 aromatic rings. The number of hydrogen-bond acceptors (Lipinski definition) is 2. The Labute approximate surface area is 126 Å². The number of aliphatic hydroxyl groups is 1. The van der Waals surface area contributed by atoms with Crippen LogP contribution in [0.25, 0.3) is 0 Å². The van der Waals surface area contributed by atoms with Crippen molar-refractivity contribution < 1.29 is 5.11 Å². The van der Waals surface area contributed by atoms with Crippen LogP contribution in [0, 0.1) is 0 Å². The molecule has 0 saturated heterocycles. The zero-order valence-corrected chi connectivity index (χ0v) is 12.4. The minimum atomic E-state index is -0.366. The largest absolute Gasteiger partial charge is 0.392 e. The summed E-state index contributed by atoms with van der Waals surface area (Å²) in [6.45, 7) is 0. The third kappa shape index (κ3) is 3.01. The highest BCUT2D eigenvalue weighted by molar-refractivity contribution is 5.28. The molecule has 1 unspecified atom stereocenters. The number of aliphatic hydroxyl groups excluding tert-OH is 1. The first kappa shape index (κ1) is 14.3. The van der Waals surface area contributed by atoms with Gasteiger partial charge in [-0.1, -0.05) is 55.7 Å². The maximum absolute atomic E-state index is 11.0. The van der Waals surface area contributed by atoms with E-state index in [4.69, 9.17) is 0 Å². The Morgan fingerprint density at radius 1 is 0.952 bits per heavy atom. The first-order valence-electron chi connectivity index (χ1n) is 7.95. The van der Waals surface area contributed by atoms with Crippen LogP contribution < -0.4 is 0 Å². The van der Waals surface area contributed by atoms with E-state index in [1.54, 1.807) is 6.20 Å². The van der Waals surface area contributed by atoms with Gasteiger partial charge in [-0.2, -0.15) is 0 Å². The van der Waals surface area contributed by atoms with Crippen molar-refractivity contribution >= 4 is 0 Å². The summed E-state index contributed by atoms with van der Waals surface area (Å²) in [4.78, 5) is 4.38. The highest BCUT2D eigenvalue weighted by Crippen LogP contribution is 2.43. The number of pyridine rings is 1. The van der Waals surface area contributed by atoms with Gasteiger partial charge >= 0.3 is 0 Å². The average Bonchev–Trinajstić information content (AvgIpc) is 2.57. The van der Waals surface area contributed by atoms with Crippen molar-refractivity contribution in [1.82, 2.24) is 4.98 Å². The van der Waals surface area contributed by atoms with Crippen molar-refractivity contribution in [1.29, 1.82) is 0 Å². The van der Waals surface area contributed by atoms with E-state index in [1.807, 2.05) is 24.3 Å². The molecule has 0 amide bonds. The lowest BCUT2D eigenvalue weighted by atomic mass is 9.65. The van der Waals surface area contributed by atoms with Crippen molar-refractivity contribution in [3.8, 4) is 0 Å². The molecule has 2 nitrogen and oxygen atoms in total. The van der Waals surface area contributed by atoms with Gasteiger partial charge in [-0.25, -0.2) is 0 Å². The Balaban J connectivity index is 1.88. The Bertz CT molecular complexity index is 546. The molecule has 1 fully saturated rings. The van der Waals surface area contributed by atoms with E-state index in [0.29, 0.717) is 6.42 Å². The van der Waals surface area contributed by atoms with Gasteiger partial charge in [0.25, 0.3) is 0 Å². The first-order chi connectivity index (χ1) is 10.3. The van der Waals surface area contributed by atoms with Gasteiger partial charge in [0.2, 0.25) is 0 Å². The highest BCUT2D eigenvalue weighted by Gasteiger charge is 2.40. The van der Waals surface area contributed by atoms with Crippen LogP contribution in [0.3, 0.4) is 0 Å². The predicted molar refractivity (Wildman–Crippen MR) is 85.2 cm³/mol. The van der Waals surface area contributed by atoms with Gasteiger partial charge in [-0.15, -0.1) is 0 Å². The number of rotatable bonds is 4. The summed E-state index contributed by atoms with van der Waals surface area (Å²) in [6.07, 6.45) is 7.91. The topological polar surface area (TPSA) is 33.1 Å². The van der Waals surface area contributed by atoms with Crippen LogP contribution in [-0.4, -0.2) is 16.2 Å². The maximum Gasteiger partial charge on any atom is 0.0692 e. The summed E-state index contributed by atoms with van der Waals surface area (Å²) in [5, 5.41) is 11.0. The van der Waals surface area contributed by atoms with Crippen molar-refractivity contribution in [2.75, 3.05) is 0 Å². The molecule has 110 valence electrons. The molecule has 1 aliphatic rings. The summed E-state index contributed by atoms with van der Waals surface area (Å²) >= 11 is 0. The van der Waals surface area contributed by atoms with E-state index >= 15 is 0 Å². The highest BCUT2D eigenvalue weighted by atomic mass is 16.3. The second-order valence-electron chi connectivity index (χ2n) is 6.12. The standard InChI is InChI=1S/C19H23NO/c21-18(15-17-11-5-8-14-20-17)19(12-6-2-7-13-19)16-9-3-1-4-10-16/h1,3-5,8-11,14,18,21H,2,6-7,12-13,15H2. The monoisotopic (exact) mass is 281 g/mol. The predicted octanol–water partition coefficient (Wildman–Crippen LogP) is 3.89. The third-order valence-electron chi connectivity index (χ3n) is 4.86. The van der Waals surface area contributed by atoms with E-state index in [2.05, 4.69) is 29.2 Å². The van der Waals surface area contributed by atoms with Gasteiger partial charge in [0.15, 0.2) is 0 Å². The summed E-state index contributed by atoms with van der Waals surface area (Å²) in [5.74, 6) is 0. The summed E-state index contributed by atoms with van der Waals surface area (Å²) < 4.78 is 0. The van der Waals surface area contributed by atoms with E-state index in [-0.39, 0.29) is 11.5 Å². The van der Waals surface area contributed by atoms with Gasteiger partial charge in [0.05, 0.1) is 6.10 Å². The normalized spacial score (nSPS) is 19.1. The summed E-state index contributed by atoms with van der Waals surface area (Å²) in [6, 6.07) is 16.5. The number of benzene rings is 1. The van der Waals surface area contributed by atoms with Crippen LogP contribution >= 0.6 is 0 Å². The molecule has 1 atom stereocenters. The zero-order chi connectivity index (χ0) is 14.5. The molecule has 1 aromatic carbocycles. The molecular formula is C19H23NO. The molecule has 0 spiro atoms. The zero-order valence-electron chi connectivity index (χ0n) is 12.4. The molecule has 0 aliphatic heterocycles. The van der Waals surface area contributed by atoms with Crippen LogP contribution in [-0.2, 0) is 11.8 Å². The van der Waals surface area contributed by atoms with Gasteiger partial charge in [0, 0.05) is 23.7 Å². The molecule has 1 aliphatic carbocycles. The SMILES string of the molecule is OC(Cc1ccccn1)C1(c2ccccc2)CCCCC1. The molecule has 3 rings (SSSR count). The lowest BCUT2D eigenvalue weighted by molar-refractivity contribution is 0.0532. The summed E-state index contributed by atoms with van der Waals surface area (Å²) in [7, 11) is 0. The quantitative estimate of drug-likeness (QED) is 0.922. The van der Waals surface area contributed by atoms with E-state index < -0.39 is 0 Å². The lowest BCUT2D eigenvalue weighted by Gasteiger charge is -2.42. The molecule has 1 heterocycles. The fourth-order valence-corrected chi connectivity index (χ4v) is 3.68. The number of hydrogen-bond donors (Lipinski definition) is 1. The van der Waals surface area contributed by atoms with Crippen LogP contribution in [0.5, 0.6) is 0 Å². The van der Waals surface area contributed by atoms with Crippen LogP contribution in [0.2, 0.25) is 0 Å². The van der Waals surface area contributed by atoms with E-state index in [1.165, 1.54) is 24.8 Å². The average molecular weight is 281 g/mol. The Morgan fingerprint density at radius 2 is 1.67 bits per heavy atom. The maximum atomic E-state index is 11.0. The summed E-state index contributed by atoms with van der Waals surface area (Å²) in [5.41, 5.74) is 2.16. The van der Waals surface area contributed by atoms with E-state index in [0.717, 1.165) is 18.5 Å². The molecule has 21 heavy (non-hydrogen) atoms. The Hall–Kier alpha value is -1.67. The minimum Gasteiger partial charge on any atom is -0.392 e. The van der Waals surface area contributed by atoms with Gasteiger partial charge in [-0.05, 0) is 30.5 Å². The molecule has 1 aromatic heterocycles. The lowest BCUT2D eigenvalue weighted by Crippen LogP contribution is -2.42. The molecular weight excluding hydrogens is 258 g/mol.